The highest BCUT2D eigenvalue weighted by Crippen LogP contribution is 2.22. The van der Waals surface area contributed by atoms with Gasteiger partial charge in [0, 0.05) is 35.3 Å². The van der Waals surface area contributed by atoms with Gasteiger partial charge in [0.25, 0.3) is 5.91 Å². The summed E-state index contributed by atoms with van der Waals surface area (Å²) in [4.78, 5) is 25.6. The summed E-state index contributed by atoms with van der Waals surface area (Å²) in [5, 5.41) is 15.6. The number of carbonyl (C=O) groups excluding carboxylic acids is 1. The maximum Gasteiger partial charge on any atom is 0.256 e. The molecule has 3 rings (SSSR count). The van der Waals surface area contributed by atoms with Gasteiger partial charge in [0.1, 0.15) is 5.82 Å². The molecule has 0 saturated carbocycles. The van der Waals surface area contributed by atoms with E-state index in [-0.39, 0.29) is 24.5 Å². The van der Waals surface area contributed by atoms with Crippen molar-refractivity contribution in [1.82, 2.24) is 15.0 Å². The van der Waals surface area contributed by atoms with Crippen LogP contribution in [0.1, 0.15) is 24.2 Å². The van der Waals surface area contributed by atoms with Gasteiger partial charge in [-0.05, 0) is 42.3 Å². The molecule has 0 saturated heterocycles. The average Bonchev–Trinajstić information content (AvgIpc) is 2.72. The Morgan fingerprint density at radius 2 is 1.93 bits per heavy atom. The van der Waals surface area contributed by atoms with E-state index in [1.165, 1.54) is 0 Å². The molecule has 0 radical (unpaired) electrons. The molecule has 0 aliphatic rings. The normalized spacial score (nSPS) is 11.9. The van der Waals surface area contributed by atoms with Gasteiger partial charge in [-0.15, -0.1) is 0 Å². The van der Waals surface area contributed by atoms with E-state index in [1.807, 2.05) is 26.0 Å². The van der Waals surface area contributed by atoms with Gasteiger partial charge in [0.2, 0.25) is 5.95 Å². The van der Waals surface area contributed by atoms with Gasteiger partial charge in [-0.1, -0.05) is 13.8 Å². The van der Waals surface area contributed by atoms with E-state index in [9.17, 15) is 9.90 Å². The third-order valence-corrected chi connectivity index (χ3v) is 4.41. The topological polar surface area (TPSA) is 126 Å². The highest BCUT2D eigenvalue weighted by atomic mass is 16.3. The number of rotatable bonds is 7. The number of nitrogens with two attached hydrogens (primary N) is 1. The summed E-state index contributed by atoms with van der Waals surface area (Å²) in [6, 6.07) is 11.8. The lowest BCUT2D eigenvalue weighted by Gasteiger charge is -2.20. The lowest BCUT2D eigenvalue weighted by Crippen LogP contribution is -2.30. The summed E-state index contributed by atoms with van der Waals surface area (Å²) in [7, 11) is 0. The molecule has 1 atom stereocenters. The van der Waals surface area contributed by atoms with Crippen molar-refractivity contribution in [2.75, 3.05) is 23.0 Å². The van der Waals surface area contributed by atoms with Crippen LogP contribution >= 0.6 is 0 Å². The number of aliphatic hydroxyl groups excluding tert-OH is 1. The Kier molecular flexibility index (Phi) is 6.36. The number of nitrogens with zero attached hydrogens (tertiary/aromatic N) is 3. The van der Waals surface area contributed by atoms with E-state index in [2.05, 4.69) is 25.6 Å². The van der Waals surface area contributed by atoms with Crippen molar-refractivity contribution in [3.05, 3.63) is 60.4 Å². The molecule has 8 heteroatoms. The zero-order valence-electron chi connectivity index (χ0n) is 16.3. The summed E-state index contributed by atoms with van der Waals surface area (Å²) < 4.78 is 0. The molecule has 1 aromatic carbocycles. The Hall–Kier alpha value is -3.52. The molecule has 150 valence electrons. The highest BCUT2D eigenvalue weighted by Gasteiger charge is 2.16. The van der Waals surface area contributed by atoms with Crippen molar-refractivity contribution in [2.45, 2.75) is 19.9 Å². The minimum absolute atomic E-state index is 0.0642. The SMILES string of the molecule is CC(C)[C@@H](CO)Nc1nc(NC(=O)c2ccc(N)cc2)cc(-c2cccnc2)n1. The molecule has 8 nitrogen and oxygen atoms in total. The first-order chi connectivity index (χ1) is 14.0. The van der Waals surface area contributed by atoms with Crippen molar-refractivity contribution in [3.63, 3.8) is 0 Å². The number of hydrogen-bond acceptors (Lipinski definition) is 7. The Bertz CT molecular complexity index is 961. The molecule has 2 aromatic heterocycles. The van der Waals surface area contributed by atoms with Gasteiger partial charge in [0.15, 0.2) is 0 Å². The fraction of sp³-hybridized carbons (Fsp3) is 0.238. The lowest BCUT2D eigenvalue weighted by atomic mass is 10.1. The van der Waals surface area contributed by atoms with Gasteiger partial charge in [0.05, 0.1) is 18.3 Å². The van der Waals surface area contributed by atoms with E-state index in [0.717, 1.165) is 5.56 Å². The maximum absolute atomic E-state index is 12.6. The molecule has 29 heavy (non-hydrogen) atoms. The van der Waals surface area contributed by atoms with E-state index in [1.54, 1.807) is 42.7 Å². The molecule has 3 aromatic rings. The van der Waals surface area contributed by atoms with Gasteiger partial charge < -0.3 is 21.5 Å². The largest absolute Gasteiger partial charge is 0.399 e. The molecule has 0 fully saturated rings. The zero-order chi connectivity index (χ0) is 20.8. The summed E-state index contributed by atoms with van der Waals surface area (Å²) in [6.07, 6.45) is 3.36. The first-order valence-corrected chi connectivity index (χ1v) is 9.30. The van der Waals surface area contributed by atoms with Crippen molar-refractivity contribution in [3.8, 4) is 11.3 Å². The number of benzene rings is 1. The summed E-state index contributed by atoms with van der Waals surface area (Å²) in [5.41, 5.74) is 8.11. The number of pyridine rings is 1. The molecule has 0 bridgehead atoms. The van der Waals surface area contributed by atoms with Crippen LogP contribution in [-0.4, -0.2) is 38.6 Å². The van der Waals surface area contributed by atoms with Crippen LogP contribution in [0, 0.1) is 5.92 Å². The number of aliphatic hydroxyl groups is 1. The monoisotopic (exact) mass is 392 g/mol. The predicted molar refractivity (Wildman–Crippen MR) is 113 cm³/mol. The Balaban J connectivity index is 1.93. The molecular formula is C21H24N6O2. The van der Waals surface area contributed by atoms with Crippen molar-refractivity contribution < 1.29 is 9.90 Å². The zero-order valence-corrected chi connectivity index (χ0v) is 16.3. The van der Waals surface area contributed by atoms with Gasteiger partial charge in [-0.2, -0.15) is 4.98 Å². The van der Waals surface area contributed by atoms with Crippen LogP contribution in [0.5, 0.6) is 0 Å². The average molecular weight is 392 g/mol. The fourth-order valence-corrected chi connectivity index (χ4v) is 2.65. The minimum atomic E-state index is -0.311. The Morgan fingerprint density at radius 1 is 1.17 bits per heavy atom. The second kappa shape index (κ2) is 9.11. The minimum Gasteiger partial charge on any atom is -0.399 e. The number of aromatic nitrogens is 3. The van der Waals surface area contributed by atoms with E-state index in [4.69, 9.17) is 5.73 Å². The standard InChI is InChI=1S/C21H24N6O2/c1-13(2)18(12-28)25-21-24-17(15-4-3-9-23-11-15)10-19(27-21)26-20(29)14-5-7-16(22)8-6-14/h3-11,13,18,28H,12,22H2,1-2H3,(H2,24,25,26,27,29)/t18-/m1/s1. The maximum atomic E-state index is 12.6. The van der Waals surface area contributed by atoms with Crippen LogP contribution in [0.25, 0.3) is 11.3 Å². The highest BCUT2D eigenvalue weighted by molar-refractivity contribution is 6.04. The quantitative estimate of drug-likeness (QED) is 0.455. The number of hydrogen-bond donors (Lipinski definition) is 4. The van der Waals surface area contributed by atoms with Crippen LogP contribution in [-0.2, 0) is 0 Å². The molecule has 0 spiro atoms. The van der Waals surface area contributed by atoms with Crippen molar-refractivity contribution >= 4 is 23.4 Å². The Labute approximate surface area is 169 Å². The summed E-state index contributed by atoms with van der Waals surface area (Å²) >= 11 is 0. The van der Waals surface area contributed by atoms with E-state index in [0.29, 0.717) is 28.7 Å². The smallest absolute Gasteiger partial charge is 0.256 e. The molecule has 0 aliphatic heterocycles. The van der Waals surface area contributed by atoms with Crippen molar-refractivity contribution in [1.29, 1.82) is 0 Å². The summed E-state index contributed by atoms with van der Waals surface area (Å²) in [5.74, 6) is 0.503. The number of anilines is 3. The van der Waals surface area contributed by atoms with Gasteiger partial charge in [-0.25, -0.2) is 4.98 Å². The number of amides is 1. The molecule has 2 heterocycles. The lowest BCUT2D eigenvalue weighted by molar-refractivity contribution is 0.102. The fourth-order valence-electron chi connectivity index (χ4n) is 2.65. The first kappa shape index (κ1) is 20.2. The van der Waals surface area contributed by atoms with E-state index >= 15 is 0 Å². The third kappa shape index (κ3) is 5.26. The van der Waals surface area contributed by atoms with Gasteiger partial charge in [-0.3, -0.25) is 9.78 Å². The molecule has 1 amide bonds. The van der Waals surface area contributed by atoms with Crippen LogP contribution in [0.2, 0.25) is 0 Å². The second-order valence-electron chi connectivity index (χ2n) is 6.96. The van der Waals surface area contributed by atoms with Crippen LogP contribution in [0.3, 0.4) is 0 Å². The third-order valence-electron chi connectivity index (χ3n) is 4.41. The molecule has 5 N–H and O–H groups in total. The van der Waals surface area contributed by atoms with Crippen LogP contribution in [0.15, 0.2) is 54.9 Å². The number of nitrogen functional groups attached to an aromatic ring is 1. The summed E-state index contributed by atoms with van der Waals surface area (Å²) in [6.45, 7) is 3.91. The van der Waals surface area contributed by atoms with Crippen LogP contribution < -0.4 is 16.4 Å². The van der Waals surface area contributed by atoms with E-state index < -0.39 is 0 Å². The molecule has 0 unspecified atom stereocenters. The first-order valence-electron chi connectivity index (χ1n) is 9.30. The predicted octanol–water partition coefficient (Wildman–Crippen LogP) is 2.80. The second-order valence-corrected chi connectivity index (χ2v) is 6.96. The van der Waals surface area contributed by atoms with Crippen LogP contribution in [0.4, 0.5) is 17.5 Å². The van der Waals surface area contributed by atoms with Crippen molar-refractivity contribution in [2.24, 2.45) is 5.92 Å². The van der Waals surface area contributed by atoms with Gasteiger partial charge >= 0.3 is 0 Å². The molecular weight excluding hydrogens is 368 g/mol. The number of carbonyl (C=O) groups is 1. The Morgan fingerprint density at radius 3 is 2.55 bits per heavy atom. The number of nitrogens with one attached hydrogen (secondary N) is 2. The molecule has 0 aliphatic carbocycles.